The first kappa shape index (κ1) is 52.4. The van der Waals surface area contributed by atoms with Gasteiger partial charge in [0.05, 0.1) is 0 Å². The zero-order valence-corrected chi connectivity index (χ0v) is 36.8. The molecule has 0 N–H and O–H groups in total. The maximum Gasteiger partial charge on any atom is 0.306 e. The number of carbonyl (C=O) groups is 3. The van der Waals surface area contributed by atoms with Crippen molar-refractivity contribution in [2.24, 2.45) is 11.8 Å². The molecular weight excluding hydrogens is 673 g/mol. The number of ether oxygens (including phenoxy) is 3. The summed E-state index contributed by atoms with van der Waals surface area (Å²) in [6.07, 6.45) is 39.6. The first-order valence-corrected chi connectivity index (χ1v) is 23.7. The van der Waals surface area contributed by atoms with E-state index < -0.39 is 6.10 Å². The zero-order valence-electron chi connectivity index (χ0n) is 36.8. The Labute approximate surface area is 336 Å². The van der Waals surface area contributed by atoms with Gasteiger partial charge in [0, 0.05) is 19.3 Å². The molecule has 6 heteroatoms. The minimum absolute atomic E-state index is 0.0652. The fourth-order valence-corrected chi connectivity index (χ4v) is 7.11. The van der Waals surface area contributed by atoms with Crippen molar-refractivity contribution in [1.29, 1.82) is 0 Å². The standard InChI is InChI=1S/C48H92O6/c1-6-7-8-9-10-11-19-22-28-33-38-46(49)52-41-45(42-53-47(50)39-34-29-25-24-27-32-37-44(4)5)54-48(51)40-35-30-23-20-17-15-13-12-14-16-18-21-26-31-36-43(2)3/h43-45H,6-42H2,1-5H3/t45-/m0/s1. The molecule has 54 heavy (non-hydrogen) atoms. The third-order valence-electron chi connectivity index (χ3n) is 10.7. The molecule has 320 valence electrons. The van der Waals surface area contributed by atoms with Crippen molar-refractivity contribution in [3.8, 4) is 0 Å². The number of rotatable bonds is 42. The summed E-state index contributed by atoms with van der Waals surface area (Å²) < 4.78 is 16.7. The third kappa shape index (κ3) is 41.6. The lowest BCUT2D eigenvalue weighted by Gasteiger charge is -2.18. The number of unbranched alkanes of at least 4 members (excludes halogenated alkanes) is 27. The largest absolute Gasteiger partial charge is 0.462 e. The van der Waals surface area contributed by atoms with Crippen molar-refractivity contribution in [3.05, 3.63) is 0 Å². The molecule has 0 radical (unpaired) electrons. The summed E-state index contributed by atoms with van der Waals surface area (Å²) in [5.74, 6) is 0.747. The van der Waals surface area contributed by atoms with Crippen LogP contribution < -0.4 is 0 Å². The number of esters is 3. The van der Waals surface area contributed by atoms with Gasteiger partial charge in [0.15, 0.2) is 6.10 Å². The number of hydrogen-bond acceptors (Lipinski definition) is 6. The molecule has 1 atom stereocenters. The fourth-order valence-electron chi connectivity index (χ4n) is 7.11. The van der Waals surface area contributed by atoms with E-state index in [0.717, 1.165) is 69.6 Å². The van der Waals surface area contributed by atoms with E-state index in [0.29, 0.717) is 19.3 Å². The van der Waals surface area contributed by atoms with Crippen LogP contribution in [-0.4, -0.2) is 37.2 Å². The van der Waals surface area contributed by atoms with Crippen molar-refractivity contribution in [1.82, 2.24) is 0 Å². The highest BCUT2D eigenvalue weighted by atomic mass is 16.6. The van der Waals surface area contributed by atoms with Gasteiger partial charge in [0.25, 0.3) is 0 Å². The van der Waals surface area contributed by atoms with Crippen LogP contribution in [0.1, 0.15) is 259 Å². The fraction of sp³-hybridized carbons (Fsp3) is 0.938. The second-order valence-electron chi connectivity index (χ2n) is 17.3. The highest BCUT2D eigenvalue weighted by molar-refractivity contribution is 5.71. The molecule has 0 aromatic carbocycles. The van der Waals surface area contributed by atoms with Crippen LogP contribution >= 0.6 is 0 Å². The van der Waals surface area contributed by atoms with E-state index in [4.69, 9.17) is 14.2 Å². The van der Waals surface area contributed by atoms with E-state index in [1.807, 2.05) is 0 Å². The Bertz CT molecular complexity index is 824. The highest BCUT2D eigenvalue weighted by Gasteiger charge is 2.19. The molecular formula is C48H92O6. The van der Waals surface area contributed by atoms with Gasteiger partial charge in [-0.25, -0.2) is 0 Å². The Hall–Kier alpha value is -1.59. The molecule has 0 unspecified atom stereocenters. The molecule has 6 nitrogen and oxygen atoms in total. The normalized spacial score (nSPS) is 12.1. The van der Waals surface area contributed by atoms with Gasteiger partial charge in [-0.15, -0.1) is 0 Å². The van der Waals surface area contributed by atoms with Gasteiger partial charge < -0.3 is 14.2 Å². The molecule has 0 aromatic heterocycles. The molecule has 0 aromatic rings. The summed E-state index contributed by atoms with van der Waals surface area (Å²) in [4.78, 5) is 37.7. The molecule has 0 aliphatic heterocycles. The Balaban J connectivity index is 4.27. The maximum atomic E-state index is 12.7. The Morgan fingerprint density at radius 3 is 0.907 bits per heavy atom. The van der Waals surface area contributed by atoms with Crippen LogP contribution in [-0.2, 0) is 28.6 Å². The minimum Gasteiger partial charge on any atom is -0.462 e. The Morgan fingerprint density at radius 1 is 0.352 bits per heavy atom. The monoisotopic (exact) mass is 765 g/mol. The third-order valence-corrected chi connectivity index (χ3v) is 10.7. The second kappa shape index (κ2) is 41.1. The molecule has 0 saturated heterocycles. The summed E-state index contributed by atoms with van der Waals surface area (Å²) in [6, 6.07) is 0. The summed E-state index contributed by atoms with van der Waals surface area (Å²) in [5.41, 5.74) is 0. The van der Waals surface area contributed by atoms with Gasteiger partial charge in [-0.05, 0) is 31.1 Å². The maximum absolute atomic E-state index is 12.7. The van der Waals surface area contributed by atoms with E-state index in [-0.39, 0.29) is 31.1 Å². The topological polar surface area (TPSA) is 78.9 Å². The van der Waals surface area contributed by atoms with Crippen LogP contribution in [0.4, 0.5) is 0 Å². The Kier molecular flexibility index (Phi) is 39.8. The summed E-state index contributed by atoms with van der Waals surface area (Å²) in [7, 11) is 0. The van der Waals surface area contributed by atoms with Crippen LogP contribution in [0.2, 0.25) is 0 Å². The van der Waals surface area contributed by atoms with Gasteiger partial charge in [-0.1, -0.05) is 221 Å². The van der Waals surface area contributed by atoms with Crippen molar-refractivity contribution >= 4 is 17.9 Å². The average molecular weight is 765 g/mol. The van der Waals surface area contributed by atoms with Crippen LogP contribution in [0.15, 0.2) is 0 Å². The van der Waals surface area contributed by atoms with Crippen LogP contribution in [0.25, 0.3) is 0 Å². The summed E-state index contributed by atoms with van der Waals surface area (Å²) in [5, 5.41) is 0. The SMILES string of the molecule is CCCCCCCCCCCCC(=O)OC[C@@H](COC(=O)CCCCCCCCC(C)C)OC(=O)CCCCCCCCCCCCCCCCC(C)C. The van der Waals surface area contributed by atoms with Gasteiger partial charge in [0.1, 0.15) is 13.2 Å². The molecule has 0 bridgehead atoms. The molecule has 0 spiro atoms. The lowest BCUT2D eigenvalue weighted by atomic mass is 10.0. The molecule has 0 fully saturated rings. The van der Waals surface area contributed by atoms with Gasteiger partial charge in [0.2, 0.25) is 0 Å². The molecule has 0 rings (SSSR count). The Morgan fingerprint density at radius 2 is 0.611 bits per heavy atom. The molecule has 0 heterocycles. The minimum atomic E-state index is -0.760. The highest BCUT2D eigenvalue weighted by Crippen LogP contribution is 2.17. The van der Waals surface area contributed by atoms with Crippen LogP contribution in [0.3, 0.4) is 0 Å². The van der Waals surface area contributed by atoms with Gasteiger partial charge in [-0.3, -0.25) is 14.4 Å². The lowest BCUT2D eigenvalue weighted by Crippen LogP contribution is -2.30. The van der Waals surface area contributed by atoms with Crippen LogP contribution in [0.5, 0.6) is 0 Å². The van der Waals surface area contributed by atoms with E-state index in [1.54, 1.807) is 0 Å². The van der Waals surface area contributed by atoms with Gasteiger partial charge >= 0.3 is 17.9 Å². The van der Waals surface area contributed by atoms with Crippen molar-refractivity contribution in [2.75, 3.05) is 13.2 Å². The number of hydrogen-bond donors (Lipinski definition) is 0. The quantitative estimate of drug-likeness (QED) is 0.0350. The molecule has 0 aliphatic carbocycles. The molecule has 0 amide bonds. The zero-order chi connectivity index (χ0) is 39.7. The van der Waals surface area contributed by atoms with E-state index in [9.17, 15) is 14.4 Å². The smallest absolute Gasteiger partial charge is 0.306 e. The van der Waals surface area contributed by atoms with E-state index in [1.165, 1.54) is 148 Å². The first-order chi connectivity index (χ1) is 26.2. The van der Waals surface area contributed by atoms with Gasteiger partial charge in [-0.2, -0.15) is 0 Å². The van der Waals surface area contributed by atoms with Crippen molar-refractivity contribution < 1.29 is 28.6 Å². The van der Waals surface area contributed by atoms with E-state index in [2.05, 4.69) is 34.6 Å². The predicted octanol–water partition coefficient (Wildman–Crippen LogP) is 15.0. The van der Waals surface area contributed by atoms with Crippen LogP contribution in [0, 0.1) is 11.8 Å². The molecule has 0 aliphatic rings. The van der Waals surface area contributed by atoms with Crippen molar-refractivity contribution in [2.45, 2.75) is 265 Å². The molecule has 0 saturated carbocycles. The van der Waals surface area contributed by atoms with Crippen molar-refractivity contribution in [3.63, 3.8) is 0 Å². The number of carbonyl (C=O) groups excluding carboxylic acids is 3. The second-order valence-corrected chi connectivity index (χ2v) is 17.3. The van der Waals surface area contributed by atoms with E-state index >= 15 is 0 Å². The summed E-state index contributed by atoms with van der Waals surface area (Å²) in [6.45, 7) is 11.3. The average Bonchev–Trinajstić information content (AvgIpc) is 3.14. The predicted molar refractivity (Wildman–Crippen MR) is 229 cm³/mol. The first-order valence-electron chi connectivity index (χ1n) is 23.7. The summed E-state index contributed by atoms with van der Waals surface area (Å²) >= 11 is 0. The lowest BCUT2D eigenvalue weighted by molar-refractivity contribution is -0.167.